The predicted molar refractivity (Wildman–Crippen MR) is 65.6 cm³/mol. The Bertz CT molecular complexity index is 470. The topological polar surface area (TPSA) is 44.7 Å². The van der Waals surface area contributed by atoms with Gasteiger partial charge in [0, 0.05) is 44.0 Å². The van der Waals surface area contributed by atoms with Crippen molar-refractivity contribution in [3.63, 3.8) is 0 Å². The van der Waals surface area contributed by atoms with Crippen LogP contribution in [0.5, 0.6) is 5.75 Å². The molecule has 98 valence electrons. The molecule has 2 N–H and O–H groups in total. The van der Waals surface area contributed by atoms with Gasteiger partial charge in [0.2, 0.25) is 0 Å². The molecule has 0 amide bonds. The van der Waals surface area contributed by atoms with Gasteiger partial charge in [0.05, 0.1) is 5.69 Å². The van der Waals surface area contributed by atoms with E-state index in [1.807, 2.05) is 5.48 Å². The molecular formula is C13H17FN2O2. The number of piperidine rings is 1. The molecule has 0 aliphatic carbocycles. The second-order valence-electron chi connectivity index (χ2n) is 5.32. The van der Waals surface area contributed by atoms with Gasteiger partial charge in [-0.05, 0) is 13.1 Å². The third-order valence-electron chi connectivity index (χ3n) is 4.01. The number of hydrogen-bond acceptors (Lipinski definition) is 4. The highest BCUT2D eigenvalue weighted by atomic mass is 19.1. The van der Waals surface area contributed by atoms with Crippen molar-refractivity contribution >= 4 is 5.69 Å². The number of anilines is 1. The Morgan fingerprint density at radius 3 is 2.78 bits per heavy atom. The molecule has 0 bridgehead atoms. The van der Waals surface area contributed by atoms with E-state index in [-0.39, 0.29) is 11.3 Å². The van der Waals surface area contributed by atoms with Crippen LogP contribution in [0, 0.1) is 5.82 Å². The highest BCUT2D eigenvalue weighted by Crippen LogP contribution is 2.42. The molecule has 0 atom stereocenters. The minimum atomic E-state index is -0.485. The van der Waals surface area contributed by atoms with Gasteiger partial charge in [-0.25, -0.2) is 4.39 Å². The number of nitrogens with zero attached hydrogens (tertiary/aromatic N) is 1. The van der Waals surface area contributed by atoms with E-state index < -0.39 is 5.82 Å². The largest absolute Gasteiger partial charge is 0.486 e. The number of rotatable bonds is 1. The molecule has 2 heterocycles. The van der Waals surface area contributed by atoms with E-state index in [4.69, 9.17) is 9.94 Å². The van der Waals surface area contributed by atoms with Crippen molar-refractivity contribution < 1.29 is 14.3 Å². The van der Waals surface area contributed by atoms with Crippen LogP contribution in [-0.4, -0.2) is 35.8 Å². The summed E-state index contributed by atoms with van der Waals surface area (Å²) in [6.45, 7) is 2.00. The minimum absolute atomic E-state index is 0.113. The van der Waals surface area contributed by atoms with Crippen molar-refractivity contribution in [1.82, 2.24) is 4.90 Å². The van der Waals surface area contributed by atoms with Gasteiger partial charge in [0.25, 0.3) is 0 Å². The summed E-state index contributed by atoms with van der Waals surface area (Å²) in [5.41, 5.74) is 2.80. The first-order chi connectivity index (χ1) is 8.62. The number of likely N-dealkylation sites (tertiary alicyclic amines) is 1. The summed E-state index contributed by atoms with van der Waals surface area (Å²) in [4.78, 5) is 2.28. The molecule has 0 aromatic heterocycles. The number of nitrogens with one attached hydrogen (secondary N) is 1. The number of hydrogen-bond donors (Lipinski definition) is 2. The second-order valence-corrected chi connectivity index (χ2v) is 5.32. The van der Waals surface area contributed by atoms with E-state index in [9.17, 15) is 4.39 Å². The van der Waals surface area contributed by atoms with Crippen LogP contribution in [0.3, 0.4) is 0 Å². The van der Waals surface area contributed by atoms with Crippen LogP contribution >= 0.6 is 0 Å². The van der Waals surface area contributed by atoms with Crippen molar-refractivity contribution in [1.29, 1.82) is 0 Å². The van der Waals surface area contributed by atoms with Crippen LogP contribution in [0.25, 0.3) is 0 Å². The summed E-state index contributed by atoms with van der Waals surface area (Å²) in [5, 5.41) is 8.85. The Morgan fingerprint density at radius 1 is 1.39 bits per heavy atom. The van der Waals surface area contributed by atoms with Crippen LogP contribution in [0.15, 0.2) is 12.1 Å². The first-order valence-corrected chi connectivity index (χ1v) is 6.22. The van der Waals surface area contributed by atoms with E-state index in [0.29, 0.717) is 5.75 Å². The Morgan fingerprint density at radius 2 is 2.11 bits per heavy atom. The Balaban J connectivity index is 1.87. The number of fused-ring (bicyclic) bond motifs is 1. The standard InChI is InChI=1S/C13H17FN2O2/c1-16-4-2-13(3-5-16)8-9-6-11(15-17)10(14)7-12(9)18-13/h6-7,15,17H,2-5,8H2,1H3. The molecule has 0 radical (unpaired) electrons. The van der Waals surface area contributed by atoms with E-state index >= 15 is 0 Å². The summed E-state index contributed by atoms with van der Waals surface area (Å²) in [7, 11) is 2.10. The molecule has 0 unspecified atom stereocenters. The quantitative estimate of drug-likeness (QED) is 0.751. The van der Waals surface area contributed by atoms with Crippen molar-refractivity contribution in [2.45, 2.75) is 24.9 Å². The lowest BCUT2D eigenvalue weighted by atomic mass is 9.87. The monoisotopic (exact) mass is 252 g/mol. The predicted octanol–water partition coefficient (Wildman–Crippen LogP) is 2.03. The normalized spacial score (nSPS) is 21.7. The van der Waals surface area contributed by atoms with E-state index in [2.05, 4.69) is 11.9 Å². The smallest absolute Gasteiger partial charge is 0.152 e. The molecule has 1 aromatic carbocycles. The van der Waals surface area contributed by atoms with Crippen LogP contribution in [-0.2, 0) is 6.42 Å². The van der Waals surface area contributed by atoms with Crippen molar-refractivity contribution in [3.05, 3.63) is 23.5 Å². The zero-order valence-corrected chi connectivity index (χ0v) is 10.4. The average molecular weight is 252 g/mol. The van der Waals surface area contributed by atoms with Crippen molar-refractivity contribution in [3.8, 4) is 5.75 Å². The van der Waals surface area contributed by atoms with Crippen LogP contribution < -0.4 is 10.2 Å². The molecule has 2 aliphatic rings. The molecule has 3 rings (SSSR count). The highest BCUT2D eigenvalue weighted by Gasteiger charge is 2.41. The van der Waals surface area contributed by atoms with Gasteiger partial charge < -0.3 is 9.64 Å². The lowest BCUT2D eigenvalue weighted by Gasteiger charge is -2.37. The van der Waals surface area contributed by atoms with Crippen LogP contribution in [0.2, 0.25) is 0 Å². The van der Waals surface area contributed by atoms with Gasteiger partial charge in [-0.3, -0.25) is 10.7 Å². The Hall–Kier alpha value is -1.33. The van der Waals surface area contributed by atoms with Crippen molar-refractivity contribution in [2.75, 3.05) is 25.6 Å². The third-order valence-corrected chi connectivity index (χ3v) is 4.01. The summed E-state index contributed by atoms with van der Waals surface area (Å²) in [6.07, 6.45) is 2.72. The van der Waals surface area contributed by atoms with Gasteiger partial charge in [-0.2, -0.15) is 0 Å². The van der Waals surface area contributed by atoms with E-state index in [1.54, 1.807) is 6.07 Å². The fraction of sp³-hybridized carbons (Fsp3) is 0.538. The zero-order chi connectivity index (χ0) is 12.8. The van der Waals surface area contributed by atoms with E-state index in [0.717, 1.165) is 37.9 Å². The summed E-state index contributed by atoms with van der Waals surface area (Å²) < 4.78 is 19.5. The molecule has 5 heteroatoms. The number of halogens is 1. The fourth-order valence-corrected chi connectivity index (χ4v) is 2.84. The molecule has 4 nitrogen and oxygen atoms in total. The maximum Gasteiger partial charge on any atom is 0.152 e. The molecule has 18 heavy (non-hydrogen) atoms. The Kier molecular flexibility index (Phi) is 2.68. The third kappa shape index (κ3) is 1.83. The molecule has 0 saturated carbocycles. The van der Waals surface area contributed by atoms with E-state index in [1.165, 1.54) is 6.07 Å². The SMILES string of the molecule is CN1CCC2(CC1)Cc1cc(NO)c(F)cc1O2. The maximum absolute atomic E-state index is 13.6. The molecule has 2 aliphatic heterocycles. The lowest BCUT2D eigenvalue weighted by molar-refractivity contribution is 0.0270. The molecule has 1 spiro atoms. The molecule has 1 aromatic rings. The van der Waals surface area contributed by atoms with Gasteiger partial charge in [0.1, 0.15) is 11.4 Å². The summed E-state index contributed by atoms with van der Waals surface area (Å²) in [5.74, 6) is 0.136. The Labute approximate surface area is 105 Å². The van der Waals surface area contributed by atoms with Gasteiger partial charge in [-0.1, -0.05) is 0 Å². The summed E-state index contributed by atoms with van der Waals surface area (Å²) in [6, 6.07) is 3.00. The second kappa shape index (κ2) is 4.10. The minimum Gasteiger partial charge on any atom is -0.486 e. The van der Waals surface area contributed by atoms with Gasteiger partial charge in [0.15, 0.2) is 5.82 Å². The number of ether oxygens (including phenoxy) is 1. The van der Waals surface area contributed by atoms with Crippen LogP contribution in [0.4, 0.5) is 10.1 Å². The maximum atomic E-state index is 13.6. The van der Waals surface area contributed by atoms with Gasteiger partial charge in [-0.15, -0.1) is 0 Å². The fourth-order valence-electron chi connectivity index (χ4n) is 2.84. The average Bonchev–Trinajstić information content (AvgIpc) is 2.69. The van der Waals surface area contributed by atoms with Gasteiger partial charge >= 0.3 is 0 Å². The molecule has 1 fully saturated rings. The zero-order valence-electron chi connectivity index (χ0n) is 10.4. The van der Waals surface area contributed by atoms with Crippen LogP contribution in [0.1, 0.15) is 18.4 Å². The first-order valence-electron chi connectivity index (χ1n) is 6.22. The summed E-state index contributed by atoms with van der Waals surface area (Å²) >= 11 is 0. The lowest BCUT2D eigenvalue weighted by Crippen LogP contribution is -2.45. The van der Waals surface area contributed by atoms with Crippen molar-refractivity contribution in [2.24, 2.45) is 0 Å². The first kappa shape index (κ1) is 11.7. The molecular weight excluding hydrogens is 235 g/mol. The molecule has 1 saturated heterocycles. The highest BCUT2D eigenvalue weighted by molar-refractivity contribution is 5.53. The number of benzene rings is 1.